The van der Waals surface area contributed by atoms with Crippen LogP contribution in [0.25, 0.3) is 0 Å². The summed E-state index contributed by atoms with van der Waals surface area (Å²) in [5.41, 5.74) is 3.15. The molecule has 4 heteroatoms. The molecule has 1 aromatic carbocycles. The number of rotatable bonds is 7. The van der Waals surface area contributed by atoms with Crippen molar-refractivity contribution in [1.29, 1.82) is 5.26 Å². The van der Waals surface area contributed by atoms with Crippen molar-refractivity contribution in [2.24, 2.45) is 5.92 Å². The van der Waals surface area contributed by atoms with Crippen LogP contribution in [0.3, 0.4) is 0 Å². The molecule has 0 fully saturated rings. The second kappa shape index (κ2) is 9.00. The topological polar surface area (TPSA) is 52.9 Å². The predicted molar refractivity (Wildman–Crippen MR) is 107 cm³/mol. The van der Waals surface area contributed by atoms with Crippen molar-refractivity contribution < 1.29 is 4.79 Å². The van der Waals surface area contributed by atoms with E-state index < -0.39 is 0 Å². The summed E-state index contributed by atoms with van der Waals surface area (Å²) in [5.74, 6) is 0.744. The van der Waals surface area contributed by atoms with Crippen molar-refractivity contribution in [1.82, 2.24) is 0 Å². The maximum Gasteiger partial charge on any atom is 0.225 e. The smallest absolute Gasteiger partial charge is 0.225 e. The Morgan fingerprint density at radius 1 is 1.35 bits per heavy atom. The van der Waals surface area contributed by atoms with Gasteiger partial charge in [-0.05, 0) is 49.1 Å². The number of benzene rings is 1. The number of hydrogen-bond acceptors (Lipinski definition) is 3. The first-order valence-electron chi connectivity index (χ1n) is 9.59. The van der Waals surface area contributed by atoms with Crippen molar-refractivity contribution in [2.75, 3.05) is 5.32 Å². The zero-order valence-corrected chi connectivity index (χ0v) is 16.2. The number of nitrogens with zero attached hydrogens (tertiary/aromatic N) is 1. The van der Waals surface area contributed by atoms with Gasteiger partial charge in [0.25, 0.3) is 0 Å². The van der Waals surface area contributed by atoms with E-state index in [1.807, 2.05) is 18.2 Å². The fourth-order valence-corrected chi connectivity index (χ4v) is 5.13. The Kier molecular flexibility index (Phi) is 6.46. The zero-order chi connectivity index (χ0) is 18.4. The Bertz CT molecular complexity index is 788. The normalized spacial score (nSPS) is 15.9. The van der Waals surface area contributed by atoms with E-state index >= 15 is 0 Å². The van der Waals surface area contributed by atoms with Crippen LogP contribution in [0.15, 0.2) is 30.3 Å². The summed E-state index contributed by atoms with van der Waals surface area (Å²) in [5, 5.41) is 13.3. The van der Waals surface area contributed by atoms with Crippen molar-refractivity contribution in [2.45, 2.75) is 58.3 Å². The maximum atomic E-state index is 12.3. The highest BCUT2D eigenvalue weighted by molar-refractivity contribution is 7.16. The molecule has 1 amide bonds. The molecule has 26 heavy (non-hydrogen) atoms. The van der Waals surface area contributed by atoms with E-state index in [0.717, 1.165) is 43.0 Å². The number of fused-ring (bicyclic) bond motifs is 1. The van der Waals surface area contributed by atoms with Crippen LogP contribution in [0.1, 0.15) is 60.6 Å². The Balaban J connectivity index is 1.59. The first kappa shape index (κ1) is 18.7. The molecule has 1 aliphatic carbocycles. The molecular weight excluding hydrogens is 340 g/mol. The van der Waals surface area contributed by atoms with Gasteiger partial charge in [0.1, 0.15) is 11.1 Å². The van der Waals surface area contributed by atoms with Crippen LogP contribution < -0.4 is 5.32 Å². The van der Waals surface area contributed by atoms with E-state index in [-0.39, 0.29) is 5.91 Å². The summed E-state index contributed by atoms with van der Waals surface area (Å²) >= 11 is 1.62. The lowest BCUT2D eigenvalue weighted by atomic mass is 9.85. The molecule has 0 radical (unpaired) electrons. The highest BCUT2D eigenvalue weighted by Crippen LogP contribution is 2.40. The lowest BCUT2D eigenvalue weighted by Crippen LogP contribution is -2.13. The SMILES string of the molecule is CCC[C@H]1CCc2c(sc(NC(=O)CCCc3ccccc3)c2C#N)C1. The van der Waals surface area contributed by atoms with E-state index in [4.69, 9.17) is 0 Å². The first-order chi connectivity index (χ1) is 12.7. The molecule has 0 aliphatic heterocycles. The number of amides is 1. The maximum absolute atomic E-state index is 12.3. The van der Waals surface area contributed by atoms with Gasteiger partial charge in [-0.3, -0.25) is 4.79 Å². The summed E-state index contributed by atoms with van der Waals surface area (Å²) in [4.78, 5) is 13.6. The average Bonchev–Trinajstić information content (AvgIpc) is 2.99. The summed E-state index contributed by atoms with van der Waals surface area (Å²) in [6.07, 6.45) is 7.87. The van der Waals surface area contributed by atoms with Crippen LogP contribution in [0.4, 0.5) is 5.00 Å². The summed E-state index contributed by atoms with van der Waals surface area (Å²) in [6, 6.07) is 12.6. The number of carbonyl (C=O) groups excluding carboxylic acids is 1. The molecule has 1 heterocycles. The molecule has 3 nitrogen and oxygen atoms in total. The lowest BCUT2D eigenvalue weighted by Gasteiger charge is -2.21. The van der Waals surface area contributed by atoms with E-state index in [2.05, 4.69) is 30.4 Å². The van der Waals surface area contributed by atoms with E-state index in [9.17, 15) is 10.1 Å². The summed E-state index contributed by atoms with van der Waals surface area (Å²) < 4.78 is 0. The molecule has 136 valence electrons. The lowest BCUT2D eigenvalue weighted by molar-refractivity contribution is -0.116. The second-order valence-corrected chi connectivity index (χ2v) is 8.21. The molecule has 0 bridgehead atoms. The van der Waals surface area contributed by atoms with Gasteiger partial charge in [-0.15, -0.1) is 11.3 Å². The van der Waals surface area contributed by atoms with Gasteiger partial charge >= 0.3 is 0 Å². The van der Waals surface area contributed by atoms with Crippen molar-refractivity contribution >= 4 is 22.2 Å². The van der Waals surface area contributed by atoms with Crippen LogP contribution >= 0.6 is 11.3 Å². The molecule has 2 aromatic rings. The summed E-state index contributed by atoms with van der Waals surface area (Å²) in [7, 11) is 0. The highest BCUT2D eigenvalue weighted by atomic mass is 32.1. The monoisotopic (exact) mass is 366 g/mol. The third-order valence-corrected chi connectivity index (χ3v) is 6.31. The summed E-state index contributed by atoms with van der Waals surface area (Å²) in [6.45, 7) is 2.23. The molecule has 0 unspecified atom stereocenters. The third kappa shape index (κ3) is 4.53. The Labute approximate surface area is 160 Å². The zero-order valence-electron chi connectivity index (χ0n) is 15.4. The minimum absolute atomic E-state index is 0.0149. The van der Waals surface area contributed by atoms with Crippen molar-refractivity contribution in [3.05, 3.63) is 51.9 Å². The number of carbonyl (C=O) groups is 1. The number of aryl methyl sites for hydroxylation is 1. The van der Waals surface area contributed by atoms with Gasteiger partial charge < -0.3 is 5.32 Å². The van der Waals surface area contributed by atoms with E-state index in [0.29, 0.717) is 12.0 Å². The minimum atomic E-state index is 0.0149. The van der Waals surface area contributed by atoms with Gasteiger partial charge in [0.05, 0.1) is 5.56 Å². The van der Waals surface area contributed by atoms with Gasteiger partial charge in [-0.25, -0.2) is 0 Å². The molecule has 3 rings (SSSR count). The van der Waals surface area contributed by atoms with Gasteiger partial charge in [0.15, 0.2) is 0 Å². The van der Waals surface area contributed by atoms with E-state index in [1.54, 1.807) is 11.3 Å². The van der Waals surface area contributed by atoms with Crippen molar-refractivity contribution in [3.8, 4) is 6.07 Å². The molecule has 1 aromatic heterocycles. The number of hydrogen-bond donors (Lipinski definition) is 1. The van der Waals surface area contributed by atoms with Crippen LogP contribution in [0, 0.1) is 17.2 Å². The molecule has 1 N–H and O–H groups in total. The van der Waals surface area contributed by atoms with Gasteiger partial charge in [-0.1, -0.05) is 50.1 Å². The fourth-order valence-electron chi connectivity index (χ4n) is 3.80. The van der Waals surface area contributed by atoms with Gasteiger partial charge in [0, 0.05) is 11.3 Å². The van der Waals surface area contributed by atoms with E-state index in [1.165, 1.54) is 28.8 Å². The Morgan fingerprint density at radius 2 is 2.15 bits per heavy atom. The van der Waals surface area contributed by atoms with Crippen LogP contribution in [-0.4, -0.2) is 5.91 Å². The average molecular weight is 367 g/mol. The van der Waals surface area contributed by atoms with Crippen LogP contribution in [0.5, 0.6) is 0 Å². The molecule has 0 saturated heterocycles. The largest absolute Gasteiger partial charge is 0.317 e. The van der Waals surface area contributed by atoms with Crippen molar-refractivity contribution in [3.63, 3.8) is 0 Å². The second-order valence-electron chi connectivity index (χ2n) is 7.10. The van der Waals surface area contributed by atoms with Crippen LogP contribution in [0.2, 0.25) is 0 Å². The fraction of sp³-hybridized carbons (Fsp3) is 0.455. The van der Waals surface area contributed by atoms with Crippen LogP contribution in [-0.2, 0) is 24.1 Å². The molecular formula is C22H26N2OS. The highest BCUT2D eigenvalue weighted by Gasteiger charge is 2.26. The Morgan fingerprint density at radius 3 is 2.88 bits per heavy atom. The molecule has 1 atom stereocenters. The number of thiophene rings is 1. The molecule has 1 aliphatic rings. The molecule has 0 spiro atoms. The Hall–Kier alpha value is -2.12. The minimum Gasteiger partial charge on any atom is -0.317 e. The number of nitriles is 1. The number of nitrogens with one attached hydrogen (secondary N) is 1. The predicted octanol–water partition coefficient (Wildman–Crippen LogP) is 5.49. The quantitative estimate of drug-likeness (QED) is 0.705. The first-order valence-corrected chi connectivity index (χ1v) is 10.4. The van der Waals surface area contributed by atoms with Gasteiger partial charge in [-0.2, -0.15) is 5.26 Å². The van der Waals surface area contributed by atoms with Gasteiger partial charge in [0.2, 0.25) is 5.91 Å². The third-order valence-electron chi connectivity index (χ3n) is 5.14. The molecule has 0 saturated carbocycles. The standard InChI is InChI=1S/C22H26N2OS/c1-2-7-17-12-13-18-19(15-23)22(26-20(18)14-17)24-21(25)11-6-10-16-8-4-3-5-9-16/h3-5,8-9,17H,2,6-7,10-14H2,1H3,(H,24,25)/t17-/m0/s1. The number of anilines is 1.